The number of ether oxygens (including phenoxy) is 1. The first-order valence-corrected chi connectivity index (χ1v) is 3.80. The summed E-state index contributed by atoms with van der Waals surface area (Å²) in [7, 11) is 1.23. The summed E-state index contributed by atoms with van der Waals surface area (Å²) in [5.74, 6) is -2.90. The molecular formula is C10H8F2O2. The summed E-state index contributed by atoms with van der Waals surface area (Å²) in [4.78, 5) is 11.1. The van der Waals surface area contributed by atoms with Crippen molar-refractivity contribution in [2.75, 3.05) is 7.11 Å². The monoisotopic (exact) mass is 198 g/mol. The van der Waals surface area contributed by atoms with Crippen LogP contribution in [0, 0.1) is 11.6 Å². The third kappa shape index (κ3) is 1.64. The van der Waals surface area contributed by atoms with Crippen LogP contribution in [0.1, 0.15) is 10.4 Å². The zero-order chi connectivity index (χ0) is 10.7. The number of halogens is 2. The van der Waals surface area contributed by atoms with Crippen LogP contribution in [0.4, 0.5) is 8.78 Å². The van der Waals surface area contributed by atoms with Crippen molar-refractivity contribution in [1.82, 2.24) is 0 Å². The maximum absolute atomic E-state index is 13.3. The standard InChI is InChI=1S/C10H8F2O2/c1-3-7(13)9-6(11)4-5-8(14-2)10(9)12/h3-5H,1H2,2H3. The van der Waals surface area contributed by atoms with Gasteiger partial charge in [0.15, 0.2) is 17.3 Å². The zero-order valence-corrected chi connectivity index (χ0v) is 7.51. The molecule has 0 aliphatic rings. The molecule has 74 valence electrons. The van der Waals surface area contributed by atoms with E-state index in [0.717, 1.165) is 18.2 Å². The van der Waals surface area contributed by atoms with E-state index in [1.54, 1.807) is 0 Å². The van der Waals surface area contributed by atoms with Crippen LogP contribution < -0.4 is 4.74 Å². The molecule has 0 atom stereocenters. The third-order valence-corrected chi connectivity index (χ3v) is 1.71. The van der Waals surface area contributed by atoms with Gasteiger partial charge in [-0.15, -0.1) is 0 Å². The van der Waals surface area contributed by atoms with E-state index in [1.165, 1.54) is 7.11 Å². The summed E-state index contributed by atoms with van der Waals surface area (Å²) >= 11 is 0. The van der Waals surface area contributed by atoms with E-state index >= 15 is 0 Å². The van der Waals surface area contributed by atoms with Crippen molar-refractivity contribution in [2.24, 2.45) is 0 Å². The Kier molecular flexibility index (Phi) is 2.96. The van der Waals surface area contributed by atoms with Crippen LogP contribution in [-0.4, -0.2) is 12.9 Å². The lowest BCUT2D eigenvalue weighted by molar-refractivity contribution is 0.103. The molecule has 1 aromatic carbocycles. The SMILES string of the molecule is C=CC(=O)c1c(F)ccc(OC)c1F. The van der Waals surface area contributed by atoms with Gasteiger partial charge in [-0.1, -0.05) is 6.58 Å². The second kappa shape index (κ2) is 4.00. The molecule has 0 radical (unpaired) electrons. The zero-order valence-electron chi connectivity index (χ0n) is 7.51. The highest BCUT2D eigenvalue weighted by atomic mass is 19.1. The van der Waals surface area contributed by atoms with Gasteiger partial charge in [0.25, 0.3) is 0 Å². The first-order chi connectivity index (χ1) is 6.61. The van der Waals surface area contributed by atoms with Crippen molar-refractivity contribution >= 4 is 5.78 Å². The normalized spacial score (nSPS) is 9.64. The number of hydrogen-bond donors (Lipinski definition) is 0. The average molecular weight is 198 g/mol. The van der Waals surface area contributed by atoms with Gasteiger partial charge < -0.3 is 4.74 Å². The minimum atomic E-state index is -1.00. The molecule has 2 nitrogen and oxygen atoms in total. The molecule has 0 saturated heterocycles. The maximum Gasteiger partial charge on any atom is 0.191 e. The Morgan fingerprint density at radius 3 is 2.64 bits per heavy atom. The Morgan fingerprint density at radius 2 is 2.14 bits per heavy atom. The van der Waals surface area contributed by atoms with Crippen molar-refractivity contribution in [3.05, 3.63) is 42.0 Å². The molecule has 0 aliphatic heterocycles. The average Bonchev–Trinajstić information content (AvgIpc) is 2.18. The van der Waals surface area contributed by atoms with Gasteiger partial charge >= 0.3 is 0 Å². The number of carbonyl (C=O) groups is 1. The highest BCUT2D eigenvalue weighted by Crippen LogP contribution is 2.23. The van der Waals surface area contributed by atoms with Crippen LogP contribution in [0.2, 0.25) is 0 Å². The number of rotatable bonds is 3. The molecule has 0 bridgehead atoms. The highest BCUT2D eigenvalue weighted by Gasteiger charge is 2.18. The Hall–Kier alpha value is -1.71. The molecular weight excluding hydrogens is 190 g/mol. The highest BCUT2D eigenvalue weighted by molar-refractivity contribution is 6.04. The lowest BCUT2D eigenvalue weighted by atomic mass is 10.1. The van der Waals surface area contributed by atoms with E-state index in [4.69, 9.17) is 0 Å². The number of allylic oxidation sites excluding steroid dienone is 1. The van der Waals surface area contributed by atoms with Gasteiger partial charge in [0, 0.05) is 0 Å². The largest absolute Gasteiger partial charge is 0.494 e. The number of carbonyl (C=O) groups excluding carboxylic acids is 1. The van der Waals surface area contributed by atoms with Crippen molar-refractivity contribution in [3.8, 4) is 5.75 Å². The summed E-state index contributed by atoms with van der Waals surface area (Å²) in [5.41, 5.74) is -0.639. The lowest BCUT2D eigenvalue weighted by Gasteiger charge is -2.05. The molecule has 1 aromatic rings. The van der Waals surface area contributed by atoms with E-state index < -0.39 is 23.0 Å². The molecule has 0 aromatic heterocycles. The predicted molar refractivity (Wildman–Crippen MR) is 47.4 cm³/mol. The van der Waals surface area contributed by atoms with Crippen molar-refractivity contribution < 1.29 is 18.3 Å². The van der Waals surface area contributed by atoms with E-state index in [9.17, 15) is 13.6 Å². The molecule has 4 heteroatoms. The summed E-state index contributed by atoms with van der Waals surface area (Å²) in [6.45, 7) is 3.15. The van der Waals surface area contributed by atoms with Crippen LogP contribution >= 0.6 is 0 Å². The molecule has 0 aliphatic carbocycles. The van der Waals surface area contributed by atoms with Gasteiger partial charge in [-0.25, -0.2) is 8.78 Å². The second-order valence-electron chi connectivity index (χ2n) is 2.51. The van der Waals surface area contributed by atoms with Crippen LogP contribution in [0.3, 0.4) is 0 Å². The fraction of sp³-hybridized carbons (Fsp3) is 0.100. The van der Waals surface area contributed by atoms with E-state index in [-0.39, 0.29) is 5.75 Å². The number of ketones is 1. The minimum absolute atomic E-state index is 0.170. The van der Waals surface area contributed by atoms with Gasteiger partial charge in [0.1, 0.15) is 5.82 Å². The van der Waals surface area contributed by atoms with Crippen LogP contribution in [0.5, 0.6) is 5.75 Å². The predicted octanol–water partition coefficient (Wildman–Crippen LogP) is 2.34. The molecule has 0 spiro atoms. The van der Waals surface area contributed by atoms with Crippen molar-refractivity contribution in [1.29, 1.82) is 0 Å². The molecule has 0 amide bonds. The van der Waals surface area contributed by atoms with Crippen LogP contribution in [0.15, 0.2) is 24.8 Å². The first-order valence-electron chi connectivity index (χ1n) is 3.80. The topological polar surface area (TPSA) is 26.3 Å². The van der Waals surface area contributed by atoms with Gasteiger partial charge in [-0.05, 0) is 18.2 Å². The van der Waals surface area contributed by atoms with Crippen LogP contribution in [0.25, 0.3) is 0 Å². The summed E-state index contributed by atoms with van der Waals surface area (Å²) in [6, 6.07) is 2.09. The molecule has 1 rings (SSSR count). The summed E-state index contributed by atoms with van der Waals surface area (Å²) < 4.78 is 31.0. The van der Waals surface area contributed by atoms with Crippen molar-refractivity contribution in [3.63, 3.8) is 0 Å². The molecule has 0 unspecified atom stereocenters. The molecule has 0 fully saturated rings. The van der Waals surface area contributed by atoms with Gasteiger partial charge in [-0.2, -0.15) is 0 Å². The molecule has 0 N–H and O–H groups in total. The Balaban J connectivity index is 3.39. The summed E-state index contributed by atoms with van der Waals surface area (Å²) in [6.07, 6.45) is 0.848. The molecule has 0 saturated carbocycles. The quantitative estimate of drug-likeness (QED) is 0.550. The van der Waals surface area contributed by atoms with E-state index in [0.29, 0.717) is 0 Å². The maximum atomic E-state index is 13.3. The number of methoxy groups -OCH3 is 1. The van der Waals surface area contributed by atoms with Crippen LogP contribution in [-0.2, 0) is 0 Å². The summed E-state index contributed by atoms with van der Waals surface area (Å²) in [5, 5.41) is 0. The number of benzene rings is 1. The Morgan fingerprint density at radius 1 is 1.50 bits per heavy atom. The Labute approximate surface area is 79.8 Å². The lowest BCUT2D eigenvalue weighted by Crippen LogP contribution is -2.04. The fourth-order valence-corrected chi connectivity index (χ4v) is 1.02. The van der Waals surface area contributed by atoms with Gasteiger partial charge in [0.05, 0.1) is 12.7 Å². The van der Waals surface area contributed by atoms with E-state index in [2.05, 4.69) is 11.3 Å². The molecule has 14 heavy (non-hydrogen) atoms. The van der Waals surface area contributed by atoms with E-state index in [1.807, 2.05) is 0 Å². The van der Waals surface area contributed by atoms with Crippen molar-refractivity contribution in [2.45, 2.75) is 0 Å². The van der Waals surface area contributed by atoms with Gasteiger partial charge in [0.2, 0.25) is 0 Å². The number of hydrogen-bond acceptors (Lipinski definition) is 2. The smallest absolute Gasteiger partial charge is 0.191 e. The Bertz CT molecular complexity index is 386. The second-order valence-corrected chi connectivity index (χ2v) is 2.51. The third-order valence-electron chi connectivity index (χ3n) is 1.71. The fourth-order valence-electron chi connectivity index (χ4n) is 1.02. The first kappa shape index (κ1) is 10.4. The minimum Gasteiger partial charge on any atom is -0.494 e. The van der Waals surface area contributed by atoms with Gasteiger partial charge in [-0.3, -0.25) is 4.79 Å². The molecule has 0 heterocycles.